The molecule has 0 radical (unpaired) electrons. The first-order chi connectivity index (χ1) is 8.93. The Morgan fingerprint density at radius 3 is 2.79 bits per heavy atom. The van der Waals surface area contributed by atoms with Gasteiger partial charge in [0.25, 0.3) is 5.92 Å². The quantitative estimate of drug-likeness (QED) is 0.889. The van der Waals surface area contributed by atoms with Crippen LogP contribution in [0.15, 0.2) is 18.2 Å². The zero-order valence-corrected chi connectivity index (χ0v) is 11.4. The van der Waals surface area contributed by atoms with Gasteiger partial charge in [-0.25, -0.2) is 8.78 Å². The Morgan fingerprint density at radius 1 is 1.37 bits per heavy atom. The summed E-state index contributed by atoms with van der Waals surface area (Å²) in [7, 11) is 0. The molecule has 0 spiro atoms. The highest BCUT2D eigenvalue weighted by molar-refractivity contribution is 6.30. The first-order valence-corrected chi connectivity index (χ1v) is 6.91. The van der Waals surface area contributed by atoms with E-state index in [2.05, 4.69) is 5.32 Å². The van der Waals surface area contributed by atoms with E-state index in [1.807, 2.05) is 19.1 Å². The van der Waals surface area contributed by atoms with E-state index in [1.165, 1.54) is 0 Å². The lowest BCUT2D eigenvalue weighted by Crippen LogP contribution is -2.50. The van der Waals surface area contributed by atoms with Crippen LogP contribution in [-0.4, -0.2) is 18.1 Å². The highest BCUT2D eigenvalue weighted by atomic mass is 35.5. The first-order valence-electron chi connectivity index (χ1n) is 6.53. The number of halogens is 3. The van der Waals surface area contributed by atoms with Crippen LogP contribution in [0.1, 0.15) is 37.8 Å². The van der Waals surface area contributed by atoms with Crippen LogP contribution in [0.3, 0.4) is 0 Å². The summed E-state index contributed by atoms with van der Waals surface area (Å²) in [5.41, 5.74) is 0.973. The van der Waals surface area contributed by atoms with Crippen LogP contribution in [0.5, 0.6) is 5.75 Å². The van der Waals surface area contributed by atoms with Gasteiger partial charge in [0.15, 0.2) is 0 Å². The van der Waals surface area contributed by atoms with Crippen LogP contribution < -0.4 is 10.1 Å². The first kappa shape index (κ1) is 13.1. The molecule has 5 heteroatoms. The summed E-state index contributed by atoms with van der Waals surface area (Å²) in [6.07, 6.45) is 0.699. The van der Waals surface area contributed by atoms with Gasteiger partial charge in [-0.1, -0.05) is 11.6 Å². The van der Waals surface area contributed by atoms with Crippen LogP contribution in [0.25, 0.3) is 0 Å². The third-order valence-corrected chi connectivity index (χ3v) is 4.01. The molecule has 104 valence electrons. The van der Waals surface area contributed by atoms with Crippen molar-refractivity contribution in [3.63, 3.8) is 0 Å². The number of hydrogen-bond donors (Lipinski definition) is 1. The van der Waals surface area contributed by atoms with Crippen LogP contribution in [0, 0.1) is 0 Å². The molecule has 2 nitrogen and oxygen atoms in total. The molecule has 2 unspecified atom stereocenters. The van der Waals surface area contributed by atoms with E-state index in [0.717, 1.165) is 17.7 Å². The summed E-state index contributed by atoms with van der Waals surface area (Å²) >= 11 is 6.00. The van der Waals surface area contributed by atoms with Gasteiger partial charge in [-0.2, -0.15) is 0 Å². The number of nitrogens with one attached hydrogen (secondary N) is 1. The number of ether oxygens (including phenoxy) is 1. The second kappa shape index (κ2) is 4.60. The van der Waals surface area contributed by atoms with E-state index >= 15 is 0 Å². The molecule has 0 aromatic heterocycles. The lowest BCUT2D eigenvalue weighted by Gasteiger charge is -2.40. The molecule has 3 rings (SSSR count). The molecule has 1 N–H and O–H groups in total. The highest BCUT2D eigenvalue weighted by Crippen LogP contribution is 2.41. The lowest BCUT2D eigenvalue weighted by molar-refractivity contribution is -0.0959. The van der Waals surface area contributed by atoms with Crippen molar-refractivity contribution in [2.24, 2.45) is 0 Å². The van der Waals surface area contributed by atoms with Gasteiger partial charge >= 0.3 is 0 Å². The minimum absolute atomic E-state index is 0.0403. The van der Waals surface area contributed by atoms with Gasteiger partial charge in [-0.15, -0.1) is 0 Å². The van der Waals surface area contributed by atoms with Crippen LogP contribution in [0.4, 0.5) is 8.78 Å². The maximum absolute atomic E-state index is 12.9. The van der Waals surface area contributed by atoms with Gasteiger partial charge in [-0.05, 0) is 25.1 Å². The Hall–Kier alpha value is -0.870. The average Bonchev–Trinajstić information content (AvgIpc) is 2.27. The maximum Gasteiger partial charge on any atom is 0.251 e. The fourth-order valence-corrected chi connectivity index (χ4v) is 3.02. The summed E-state index contributed by atoms with van der Waals surface area (Å²) in [4.78, 5) is 0. The van der Waals surface area contributed by atoms with Gasteiger partial charge < -0.3 is 10.1 Å². The molecule has 1 heterocycles. The van der Waals surface area contributed by atoms with Crippen molar-refractivity contribution in [3.8, 4) is 5.75 Å². The molecule has 0 amide bonds. The normalized spacial score (nSPS) is 29.3. The van der Waals surface area contributed by atoms with E-state index < -0.39 is 5.92 Å². The summed E-state index contributed by atoms with van der Waals surface area (Å²) in [5, 5.41) is 3.95. The second-order valence-corrected chi connectivity index (χ2v) is 5.96. The van der Waals surface area contributed by atoms with Crippen LogP contribution in [0.2, 0.25) is 5.02 Å². The Bertz CT molecular complexity index is 486. The molecule has 2 aliphatic rings. The highest BCUT2D eigenvalue weighted by Gasteiger charge is 2.46. The summed E-state index contributed by atoms with van der Waals surface area (Å²) in [6, 6.07) is 5.41. The Kier molecular flexibility index (Phi) is 3.18. The van der Waals surface area contributed by atoms with E-state index in [1.54, 1.807) is 6.07 Å². The Balaban J connectivity index is 1.77. The topological polar surface area (TPSA) is 21.3 Å². The van der Waals surface area contributed by atoms with Crippen molar-refractivity contribution >= 4 is 11.6 Å². The molecular weight excluding hydrogens is 272 g/mol. The molecule has 0 saturated heterocycles. The minimum atomic E-state index is -2.49. The second-order valence-electron chi connectivity index (χ2n) is 5.53. The van der Waals surface area contributed by atoms with E-state index in [4.69, 9.17) is 16.3 Å². The van der Waals surface area contributed by atoms with Crippen molar-refractivity contribution in [1.29, 1.82) is 0 Å². The number of rotatable bonds is 2. The smallest absolute Gasteiger partial charge is 0.251 e. The fraction of sp³-hybridized carbons (Fsp3) is 0.571. The van der Waals surface area contributed by atoms with Gasteiger partial charge in [0.2, 0.25) is 0 Å². The predicted molar refractivity (Wildman–Crippen MR) is 70.0 cm³/mol. The van der Waals surface area contributed by atoms with Crippen LogP contribution in [-0.2, 0) is 0 Å². The fourth-order valence-electron chi connectivity index (χ4n) is 2.84. The summed E-state index contributed by atoms with van der Waals surface area (Å²) < 4.78 is 31.5. The van der Waals surface area contributed by atoms with Crippen molar-refractivity contribution in [1.82, 2.24) is 5.32 Å². The molecule has 1 aliphatic heterocycles. The average molecular weight is 288 g/mol. The third-order valence-electron chi connectivity index (χ3n) is 3.77. The monoisotopic (exact) mass is 287 g/mol. The molecule has 2 atom stereocenters. The van der Waals surface area contributed by atoms with Gasteiger partial charge in [0.1, 0.15) is 5.75 Å². The predicted octanol–water partition coefficient (Wildman–Crippen LogP) is 3.94. The van der Waals surface area contributed by atoms with E-state index in [9.17, 15) is 8.78 Å². The molecule has 1 aliphatic carbocycles. The molecule has 19 heavy (non-hydrogen) atoms. The maximum atomic E-state index is 12.9. The van der Waals surface area contributed by atoms with Crippen molar-refractivity contribution in [3.05, 3.63) is 28.8 Å². The van der Waals surface area contributed by atoms with Gasteiger partial charge in [0, 0.05) is 41.9 Å². The molecular formula is C14H16ClF2NO. The van der Waals surface area contributed by atoms with Gasteiger partial charge in [-0.3, -0.25) is 0 Å². The van der Waals surface area contributed by atoms with Gasteiger partial charge in [0.05, 0.1) is 6.10 Å². The Morgan fingerprint density at radius 2 is 2.11 bits per heavy atom. The number of alkyl halides is 2. The molecule has 1 fully saturated rings. The number of benzene rings is 1. The van der Waals surface area contributed by atoms with E-state index in [0.29, 0.717) is 5.02 Å². The summed E-state index contributed by atoms with van der Waals surface area (Å²) in [5.74, 6) is -1.70. The number of hydrogen-bond acceptors (Lipinski definition) is 2. The standard InChI is InChI=1S/C14H16ClF2NO/c1-8-4-12(18-10-6-14(16,17)7-10)11-5-9(15)2-3-13(11)19-8/h2-3,5,8,10,12,18H,4,6-7H2,1H3. The Labute approximate surface area is 116 Å². The lowest BCUT2D eigenvalue weighted by atomic mass is 9.86. The van der Waals surface area contributed by atoms with Crippen LogP contribution >= 0.6 is 11.6 Å². The minimum Gasteiger partial charge on any atom is -0.490 e. The van der Waals surface area contributed by atoms with Crippen molar-refractivity contribution in [2.75, 3.05) is 0 Å². The van der Waals surface area contributed by atoms with E-state index in [-0.39, 0.29) is 31.0 Å². The zero-order chi connectivity index (χ0) is 13.6. The zero-order valence-electron chi connectivity index (χ0n) is 10.6. The van der Waals surface area contributed by atoms with Crippen molar-refractivity contribution < 1.29 is 13.5 Å². The summed E-state index contributed by atoms with van der Waals surface area (Å²) in [6.45, 7) is 1.99. The molecule has 1 saturated carbocycles. The molecule has 1 aromatic rings. The number of fused-ring (bicyclic) bond motifs is 1. The molecule has 0 bridgehead atoms. The van der Waals surface area contributed by atoms with Crippen molar-refractivity contribution in [2.45, 2.75) is 50.3 Å². The largest absolute Gasteiger partial charge is 0.490 e. The molecule has 1 aromatic carbocycles. The third kappa shape index (κ3) is 2.70. The SMILES string of the molecule is CC1CC(NC2CC(F)(F)C2)c2cc(Cl)ccc2O1.